The van der Waals surface area contributed by atoms with Gasteiger partial charge < -0.3 is 5.48 Å². The summed E-state index contributed by atoms with van der Waals surface area (Å²) >= 11 is 0. The monoisotopic (exact) mass is 310 g/mol. The molecule has 0 aliphatic carbocycles. The van der Waals surface area contributed by atoms with Crippen molar-refractivity contribution in [2.45, 2.75) is 0 Å². The second-order valence-electron chi connectivity index (χ2n) is 0. The van der Waals surface area contributed by atoms with E-state index in [0.717, 1.165) is 0 Å². The molecule has 0 rings (SSSR count). The SMILES string of the molecule is O.[CaH2].[Cu].[La].[Ti]. The van der Waals surface area contributed by atoms with Crippen LogP contribution in [0.4, 0.5) is 0 Å². The van der Waals surface area contributed by atoms with Gasteiger partial charge in [-0.15, -0.1) is 0 Å². The van der Waals surface area contributed by atoms with E-state index in [1.807, 2.05) is 0 Å². The molecular formula is H4CaCuLaOTi. The third-order valence-electron chi connectivity index (χ3n) is 0. The van der Waals surface area contributed by atoms with Gasteiger partial charge in [-0.25, -0.2) is 0 Å². The molecular weight excluding hydrogens is 306 g/mol. The average molecular weight is 310 g/mol. The Labute approximate surface area is 115 Å². The molecule has 5 heavy (non-hydrogen) atoms. The van der Waals surface area contributed by atoms with Crippen molar-refractivity contribution in [3.05, 3.63) is 0 Å². The second-order valence-corrected chi connectivity index (χ2v) is 0. The molecule has 0 heterocycles. The summed E-state index contributed by atoms with van der Waals surface area (Å²) in [4.78, 5) is 0. The molecule has 5 heteroatoms. The second kappa shape index (κ2) is 25.4. The van der Waals surface area contributed by atoms with Crippen molar-refractivity contribution in [1.82, 2.24) is 0 Å². The van der Waals surface area contributed by atoms with Crippen LogP contribution in [0.3, 0.4) is 0 Å². The zero-order chi connectivity index (χ0) is 0. The van der Waals surface area contributed by atoms with Gasteiger partial charge in [-0.2, -0.15) is 0 Å². The summed E-state index contributed by atoms with van der Waals surface area (Å²) in [5.41, 5.74) is 0. The Hall–Kier alpha value is 3.65. The van der Waals surface area contributed by atoms with Gasteiger partial charge in [0.25, 0.3) is 0 Å². The summed E-state index contributed by atoms with van der Waals surface area (Å²) in [6.45, 7) is 0. The Morgan fingerprint density at radius 3 is 1.00 bits per heavy atom. The van der Waals surface area contributed by atoms with Gasteiger partial charge >= 0.3 is 37.7 Å². The topological polar surface area (TPSA) is 31.5 Å². The molecule has 0 aliphatic rings. The van der Waals surface area contributed by atoms with Crippen LogP contribution >= 0.6 is 0 Å². The van der Waals surface area contributed by atoms with Crippen LogP contribution in [0.1, 0.15) is 0 Å². The fourth-order valence-electron chi connectivity index (χ4n) is 0. The number of hydrogen-bond acceptors (Lipinski definition) is 0. The molecule has 0 saturated carbocycles. The van der Waals surface area contributed by atoms with Crippen molar-refractivity contribution in [3.8, 4) is 0 Å². The predicted molar refractivity (Wildman–Crippen MR) is 12.2 cm³/mol. The Balaban J connectivity index is 0. The first-order valence-corrected chi connectivity index (χ1v) is 0. The van der Waals surface area contributed by atoms with E-state index in [0.29, 0.717) is 0 Å². The van der Waals surface area contributed by atoms with E-state index in [2.05, 4.69) is 0 Å². The van der Waals surface area contributed by atoms with E-state index >= 15 is 0 Å². The number of hydrogen-bond donors (Lipinski definition) is 0. The van der Waals surface area contributed by atoms with Crippen LogP contribution in [-0.4, -0.2) is 43.2 Å². The molecule has 0 aliphatic heterocycles. The zero-order valence-corrected chi connectivity index (χ0v) is 8.01. The minimum Gasteiger partial charge on any atom is 0 e. The molecule has 2 radical (unpaired) electrons. The van der Waals surface area contributed by atoms with E-state index in [9.17, 15) is 0 Å². The maximum Gasteiger partial charge on any atom is 0 e. The normalized spacial score (nSPS) is 0. The molecule has 2 N–H and O–H groups in total. The van der Waals surface area contributed by atoms with Crippen molar-refractivity contribution in [1.29, 1.82) is 0 Å². The van der Waals surface area contributed by atoms with Crippen LogP contribution in [0, 0.1) is 35.6 Å². The summed E-state index contributed by atoms with van der Waals surface area (Å²) in [5, 5.41) is 0. The summed E-state index contributed by atoms with van der Waals surface area (Å²) in [5.74, 6) is 0. The first kappa shape index (κ1) is 38.0. The van der Waals surface area contributed by atoms with Crippen LogP contribution in [0.25, 0.3) is 0 Å². The van der Waals surface area contributed by atoms with E-state index in [1.165, 1.54) is 0 Å². The Morgan fingerprint density at radius 2 is 1.00 bits per heavy atom. The smallest absolute Gasteiger partial charge is 0 e. The standard InChI is InChI=1S/Ca.Cu.La.H2O.Ti.2H/h;;;1H2;;;. The van der Waals surface area contributed by atoms with Crippen molar-refractivity contribution < 1.29 is 79.9 Å². The first-order valence-electron chi connectivity index (χ1n) is 0. The summed E-state index contributed by atoms with van der Waals surface area (Å²) in [7, 11) is 0. The van der Waals surface area contributed by atoms with Crippen molar-refractivity contribution in [2.24, 2.45) is 0 Å². The predicted octanol–water partition coefficient (Wildman–Crippen LogP) is -1.75. The molecule has 0 bridgehead atoms. The van der Waals surface area contributed by atoms with Crippen molar-refractivity contribution >= 4 is 37.7 Å². The minimum atomic E-state index is 0. The van der Waals surface area contributed by atoms with Gasteiger partial charge in [-0.05, 0) is 0 Å². The maximum absolute atomic E-state index is 0. The van der Waals surface area contributed by atoms with Crippen LogP contribution < -0.4 is 0 Å². The van der Waals surface area contributed by atoms with Gasteiger partial charge in [0.15, 0.2) is 0 Å². The Kier molecular flexibility index (Phi) is 193. The van der Waals surface area contributed by atoms with E-state index < -0.39 is 0 Å². The van der Waals surface area contributed by atoms with E-state index in [1.54, 1.807) is 0 Å². The molecule has 0 aromatic rings. The van der Waals surface area contributed by atoms with Crippen LogP contribution in [0.2, 0.25) is 0 Å². The first-order chi connectivity index (χ1) is 0. The van der Waals surface area contributed by atoms with Gasteiger partial charge in [-0.3, -0.25) is 0 Å². The fourth-order valence-corrected chi connectivity index (χ4v) is 0. The molecule has 0 saturated heterocycles. The third kappa shape index (κ3) is 18.3. The van der Waals surface area contributed by atoms with Crippen LogP contribution in [0.15, 0.2) is 0 Å². The van der Waals surface area contributed by atoms with Gasteiger partial charge in [0.2, 0.25) is 0 Å². The van der Waals surface area contributed by atoms with Gasteiger partial charge in [0.05, 0.1) is 0 Å². The summed E-state index contributed by atoms with van der Waals surface area (Å²) < 4.78 is 0. The molecule has 0 atom stereocenters. The molecule has 0 aromatic heterocycles. The number of rotatable bonds is 0. The summed E-state index contributed by atoms with van der Waals surface area (Å²) in [6, 6.07) is 0. The Morgan fingerprint density at radius 1 is 1.00 bits per heavy atom. The third-order valence-corrected chi connectivity index (χ3v) is 0. The van der Waals surface area contributed by atoms with Crippen molar-refractivity contribution in [3.63, 3.8) is 0 Å². The fraction of sp³-hybridized carbons (Fsp3) is 0. The molecule has 0 spiro atoms. The Bertz CT molecular complexity index is 11.6. The van der Waals surface area contributed by atoms with Crippen molar-refractivity contribution in [2.75, 3.05) is 0 Å². The van der Waals surface area contributed by atoms with E-state index in [4.69, 9.17) is 0 Å². The molecule has 30 valence electrons. The molecule has 0 amide bonds. The van der Waals surface area contributed by atoms with E-state index in [-0.39, 0.29) is 118 Å². The quantitative estimate of drug-likeness (QED) is 0.476. The molecule has 0 aromatic carbocycles. The maximum atomic E-state index is 0. The van der Waals surface area contributed by atoms with Crippen LogP contribution in [0.5, 0.6) is 0 Å². The van der Waals surface area contributed by atoms with Crippen LogP contribution in [-0.2, 0) is 38.8 Å². The summed E-state index contributed by atoms with van der Waals surface area (Å²) in [6.07, 6.45) is 0. The largest absolute Gasteiger partial charge is 0 e. The minimum absolute atomic E-state index is 0. The average Bonchev–Trinajstić information content (AvgIpc) is 0. The molecule has 1 nitrogen and oxygen atoms in total. The van der Waals surface area contributed by atoms with Gasteiger partial charge in [-0.1, -0.05) is 0 Å². The zero-order valence-electron chi connectivity index (χ0n) is 1.88. The van der Waals surface area contributed by atoms with Gasteiger partial charge in [0, 0.05) is 74.4 Å². The molecule has 0 unspecified atom stereocenters. The van der Waals surface area contributed by atoms with Gasteiger partial charge in [0.1, 0.15) is 0 Å². The molecule has 0 fully saturated rings.